The molecule has 0 spiro atoms. The maximum Gasteiger partial charge on any atom is 0.0834 e. The van der Waals surface area contributed by atoms with Crippen LogP contribution in [-0.2, 0) is 13.5 Å². The molecule has 5 heteroatoms. The van der Waals surface area contributed by atoms with Crippen molar-refractivity contribution >= 4 is 11.6 Å². The summed E-state index contributed by atoms with van der Waals surface area (Å²) in [5.74, 6) is 5.64. The fraction of sp³-hybridized carbons (Fsp3) is 0.357. The van der Waals surface area contributed by atoms with Crippen molar-refractivity contribution in [3.8, 4) is 0 Å². The molecule has 0 saturated heterocycles. The molecule has 102 valence electrons. The number of halogens is 1. The maximum atomic E-state index is 6.14. The molecule has 0 bridgehead atoms. The van der Waals surface area contributed by atoms with E-state index in [1.165, 1.54) is 11.1 Å². The number of rotatable bonds is 5. The van der Waals surface area contributed by atoms with Gasteiger partial charge in [0.1, 0.15) is 0 Å². The summed E-state index contributed by atoms with van der Waals surface area (Å²) in [7, 11) is 1.87. The molecule has 1 aromatic heterocycles. The largest absolute Gasteiger partial charge is 0.271 e. The molecular weight excluding hydrogens is 260 g/mol. The molecule has 19 heavy (non-hydrogen) atoms. The highest BCUT2D eigenvalue weighted by Crippen LogP contribution is 2.25. The second-order valence-corrected chi connectivity index (χ2v) is 5.15. The van der Waals surface area contributed by atoms with Crippen LogP contribution in [-0.4, -0.2) is 9.78 Å². The molecule has 1 unspecified atom stereocenters. The number of nitrogens with zero attached hydrogens (tertiary/aromatic N) is 2. The van der Waals surface area contributed by atoms with Crippen LogP contribution >= 0.6 is 11.6 Å². The number of nitrogens with two attached hydrogens (primary N) is 1. The average molecular weight is 279 g/mol. The standard InChI is InChI=1S/C14H19ClN4/c1-10-3-5-11(6-4-10)7-8-13(18-16)14-12(15)9-17-19(14)2/h3-6,9,13,18H,7-8,16H2,1-2H3. The van der Waals surface area contributed by atoms with Crippen molar-refractivity contribution < 1.29 is 0 Å². The van der Waals surface area contributed by atoms with Crippen molar-refractivity contribution in [1.29, 1.82) is 0 Å². The Hall–Kier alpha value is -1.36. The van der Waals surface area contributed by atoms with Gasteiger partial charge in [0.15, 0.2) is 0 Å². The first kappa shape index (κ1) is 14.1. The molecule has 1 heterocycles. The summed E-state index contributed by atoms with van der Waals surface area (Å²) in [4.78, 5) is 0. The van der Waals surface area contributed by atoms with Gasteiger partial charge < -0.3 is 0 Å². The third-order valence-electron chi connectivity index (χ3n) is 3.31. The minimum absolute atomic E-state index is 0.00121. The molecule has 0 aliphatic rings. The number of aromatic nitrogens is 2. The zero-order chi connectivity index (χ0) is 13.8. The molecule has 2 rings (SSSR count). The van der Waals surface area contributed by atoms with Crippen LogP contribution in [0.25, 0.3) is 0 Å². The highest BCUT2D eigenvalue weighted by atomic mass is 35.5. The topological polar surface area (TPSA) is 55.9 Å². The fourth-order valence-corrected chi connectivity index (χ4v) is 2.47. The second kappa shape index (κ2) is 6.19. The van der Waals surface area contributed by atoms with Gasteiger partial charge in [0, 0.05) is 7.05 Å². The van der Waals surface area contributed by atoms with Crippen molar-refractivity contribution in [2.45, 2.75) is 25.8 Å². The van der Waals surface area contributed by atoms with Gasteiger partial charge in [-0.1, -0.05) is 41.4 Å². The Balaban J connectivity index is 2.06. The predicted molar refractivity (Wildman–Crippen MR) is 77.8 cm³/mol. The number of nitrogens with one attached hydrogen (secondary N) is 1. The first-order valence-electron chi connectivity index (χ1n) is 6.31. The van der Waals surface area contributed by atoms with E-state index in [1.54, 1.807) is 10.9 Å². The third-order valence-corrected chi connectivity index (χ3v) is 3.60. The predicted octanol–water partition coefficient (Wildman–Crippen LogP) is 2.52. The van der Waals surface area contributed by atoms with E-state index in [0.717, 1.165) is 18.5 Å². The van der Waals surface area contributed by atoms with E-state index in [0.29, 0.717) is 5.02 Å². The molecule has 1 atom stereocenters. The third kappa shape index (κ3) is 3.35. The number of hydrazine groups is 1. The molecule has 0 saturated carbocycles. The van der Waals surface area contributed by atoms with Gasteiger partial charge in [-0.2, -0.15) is 5.10 Å². The monoisotopic (exact) mass is 278 g/mol. The van der Waals surface area contributed by atoms with Gasteiger partial charge in [0.25, 0.3) is 0 Å². The molecule has 4 nitrogen and oxygen atoms in total. The lowest BCUT2D eigenvalue weighted by Crippen LogP contribution is -2.30. The van der Waals surface area contributed by atoms with Gasteiger partial charge in [0.05, 0.1) is 23.0 Å². The summed E-state index contributed by atoms with van der Waals surface area (Å²) < 4.78 is 1.77. The Morgan fingerprint density at radius 3 is 2.58 bits per heavy atom. The summed E-state index contributed by atoms with van der Waals surface area (Å²) in [6.07, 6.45) is 3.46. The van der Waals surface area contributed by atoms with Crippen molar-refractivity contribution in [2.24, 2.45) is 12.9 Å². The van der Waals surface area contributed by atoms with Gasteiger partial charge in [0.2, 0.25) is 0 Å². The van der Waals surface area contributed by atoms with Crippen LogP contribution in [0.1, 0.15) is 29.3 Å². The molecule has 1 aromatic carbocycles. The lowest BCUT2D eigenvalue weighted by atomic mass is 10.0. The Morgan fingerprint density at radius 1 is 1.37 bits per heavy atom. The van der Waals surface area contributed by atoms with Crippen LogP contribution in [0, 0.1) is 6.92 Å². The zero-order valence-electron chi connectivity index (χ0n) is 11.2. The summed E-state index contributed by atoms with van der Waals surface area (Å²) in [6, 6.07) is 8.54. The maximum absolute atomic E-state index is 6.14. The zero-order valence-corrected chi connectivity index (χ0v) is 12.0. The van der Waals surface area contributed by atoms with Gasteiger partial charge in [-0.3, -0.25) is 16.0 Å². The van der Waals surface area contributed by atoms with Crippen LogP contribution in [0.2, 0.25) is 5.02 Å². The summed E-state index contributed by atoms with van der Waals surface area (Å²) in [5.41, 5.74) is 6.32. The summed E-state index contributed by atoms with van der Waals surface area (Å²) in [5, 5.41) is 4.79. The van der Waals surface area contributed by atoms with Crippen molar-refractivity contribution in [2.75, 3.05) is 0 Å². The van der Waals surface area contributed by atoms with E-state index in [1.807, 2.05) is 7.05 Å². The van der Waals surface area contributed by atoms with Gasteiger partial charge in [-0.15, -0.1) is 0 Å². The van der Waals surface area contributed by atoms with Crippen LogP contribution in [0.4, 0.5) is 0 Å². The van der Waals surface area contributed by atoms with Crippen molar-refractivity contribution in [1.82, 2.24) is 15.2 Å². The number of aryl methyl sites for hydroxylation is 3. The molecular formula is C14H19ClN4. The summed E-state index contributed by atoms with van der Waals surface area (Å²) >= 11 is 6.14. The normalized spacial score (nSPS) is 12.6. The van der Waals surface area contributed by atoms with Crippen LogP contribution < -0.4 is 11.3 Å². The smallest absolute Gasteiger partial charge is 0.0834 e. The fourth-order valence-electron chi connectivity index (χ4n) is 2.18. The molecule has 0 amide bonds. The van der Waals surface area contributed by atoms with Crippen LogP contribution in [0.3, 0.4) is 0 Å². The highest BCUT2D eigenvalue weighted by Gasteiger charge is 2.17. The Kier molecular flexibility index (Phi) is 4.58. The van der Waals surface area contributed by atoms with Crippen LogP contribution in [0.5, 0.6) is 0 Å². The molecule has 0 aliphatic heterocycles. The molecule has 0 fully saturated rings. The lowest BCUT2D eigenvalue weighted by molar-refractivity contribution is 0.480. The molecule has 3 N–H and O–H groups in total. The van der Waals surface area contributed by atoms with Crippen LogP contribution in [0.15, 0.2) is 30.5 Å². The SMILES string of the molecule is Cc1ccc(CCC(NN)c2c(Cl)cnn2C)cc1. The van der Waals surface area contributed by atoms with Crippen molar-refractivity contribution in [3.63, 3.8) is 0 Å². The Morgan fingerprint density at radius 2 is 2.05 bits per heavy atom. The van der Waals surface area contributed by atoms with Gasteiger partial charge in [-0.05, 0) is 25.3 Å². The number of hydrogen-bond acceptors (Lipinski definition) is 3. The molecule has 0 radical (unpaired) electrons. The first-order chi connectivity index (χ1) is 9.11. The number of benzene rings is 1. The van der Waals surface area contributed by atoms with Gasteiger partial charge in [-0.25, -0.2) is 0 Å². The number of hydrogen-bond donors (Lipinski definition) is 2. The van der Waals surface area contributed by atoms with Gasteiger partial charge >= 0.3 is 0 Å². The van der Waals surface area contributed by atoms with E-state index in [-0.39, 0.29) is 6.04 Å². The minimum Gasteiger partial charge on any atom is -0.271 e. The second-order valence-electron chi connectivity index (χ2n) is 4.74. The summed E-state index contributed by atoms with van der Waals surface area (Å²) in [6.45, 7) is 2.09. The van der Waals surface area contributed by atoms with E-state index in [9.17, 15) is 0 Å². The van der Waals surface area contributed by atoms with E-state index < -0.39 is 0 Å². The Labute approximate surface area is 118 Å². The molecule has 2 aromatic rings. The quantitative estimate of drug-likeness (QED) is 0.653. The highest BCUT2D eigenvalue weighted by molar-refractivity contribution is 6.31. The molecule has 0 aliphatic carbocycles. The minimum atomic E-state index is 0.00121. The first-order valence-corrected chi connectivity index (χ1v) is 6.68. The van der Waals surface area contributed by atoms with E-state index >= 15 is 0 Å². The van der Waals surface area contributed by atoms with E-state index in [2.05, 4.69) is 41.7 Å². The Bertz CT molecular complexity index is 513. The lowest BCUT2D eigenvalue weighted by Gasteiger charge is -2.17. The van der Waals surface area contributed by atoms with E-state index in [4.69, 9.17) is 17.4 Å². The average Bonchev–Trinajstić information content (AvgIpc) is 2.73. The van der Waals surface area contributed by atoms with Crippen molar-refractivity contribution in [3.05, 3.63) is 52.3 Å².